The van der Waals surface area contributed by atoms with E-state index in [1.165, 1.54) is 14.2 Å². The molecule has 0 aliphatic heterocycles. The predicted octanol–water partition coefficient (Wildman–Crippen LogP) is 0.865. The first kappa shape index (κ1) is 11.9. The van der Waals surface area contributed by atoms with Gasteiger partial charge in [0, 0.05) is 6.07 Å². The zero-order valence-electron chi connectivity index (χ0n) is 9.11. The Morgan fingerprint density at radius 2 is 2.19 bits per heavy atom. The SMILES string of the molecule is COC(=O)Cc1cc(OC)cc(N)c1C#N. The van der Waals surface area contributed by atoms with Crippen molar-refractivity contribution in [2.24, 2.45) is 0 Å². The number of nitrogens with two attached hydrogens (primary N) is 1. The number of carbonyl (C=O) groups excluding carboxylic acids is 1. The van der Waals surface area contributed by atoms with E-state index in [1.54, 1.807) is 12.1 Å². The predicted molar refractivity (Wildman–Crippen MR) is 57.8 cm³/mol. The van der Waals surface area contributed by atoms with E-state index in [0.29, 0.717) is 17.0 Å². The van der Waals surface area contributed by atoms with Crippen LogP contribution in [0.15, 0.2) is 12.1 Å². The number of esters is 1. The fourth-order valence-corrected chi connectivity index (χ4v) is 1.32. The normalized spacial score (nSPS) is 9.31. The topological polar surface area (TPSA) is 85.3 Å². The number of methoxy groups -OCH3 is 2. The van der Waals surface area contributed by atoms with Crippen LogP contribution >= 0.6 is 0 Å². The summed E-state index contributed by atoms with van der Waals surface area (Å²) in [6, 6.07) is 5.10. The van der Waals surface area contributed by atoms with E-state index in [0.717, 1.165) is 0 Å². The first-order valence-corrected chi connectivity index (χ1v) is 4.55. The van der Waals surface area contributed by atoms with Crippen molar-refractivity contribution in [1.29, 1.82) is 5.26 Å². The summed E-state index contributed by atoms with van der Waals surface area (Å²) in [5, 5.41) is 8.93. The monoisotopic (exact) mass is 220 g/mol. The van der Waals surface area contributed by atoms with Crippen molar-refractivity contribution in [2.45, 2.75) is 6.42 Å². The molecule has 0 fully saturated rings. The van der Waals surface area contributed by atoms with E-state index >= 15 is 0 Å². The zero-order valence-corrected chi connectivity index (χ0v) is 9.11. The first-order chi connectivity index (χ1) is 7.62. The van der Waals surface area contributed by atoms with Gasteiger partial charge in [-0.15, -0.1) is 0 Å². The molecule has 0 aliphatic rings. The van der Waals surface area contributed by atoms with Gasteiger partial charge in [-0.3, -0.25) is 4.79 Å². The van der Waals surface area contributed by atoms with E-state index in [1.807, 2.05) is 6.07 Å². The van der Waals surface area contributed by atoms with Crippen LogP contribution in [0.3, 0.4) is 0 Å². The molecular formula is C11H12N2O3. The number of hydrogen-bond donors (Lipinski definition) is 1. The van der Waals surface area contributed by atoms with Gasteiger partial charge < -0.3 is 15.2 Å². The lowest BCUT2D eigenvalue weighted by Gasteiger charge is -2.08. The number of nitrogens with zero attached hydrogens (tertiary/aromatic N) is 1. The van der Waals surface area contributed by atoms with Crippen molar-refractivity contribution in [3.8, 4) is 11.8 Å². The van der Waals surface area contributed by atoms with Crippen molar-refractivity contribution in [2.75, 3.05) is 20.0 Å². The summed E-state index contributed by atoms with van der Waals surface area (Å²) >= 11 is 0. The number of ether oxygens (including phenoxy) is 2. The molecule has 84 valence electrons. The highest BCUT2D eigenvalue weighted by atomic mass is 16.5. The number of nitrogen functional groups attached to an aromatic ring is 1. The standard InChI is InChI=1S/C11H12N2O3/c1-15-8-3-7(4-11(14)16-2)9(6-12)10(13)5-8/h3,5H,4,13H2,1-2H3. The quantitative estimate of drug-likeness (QED) is 0.603. The molecule has 0 unspecified atom stereocenters. The third-order valence-electron chi connectivity index (χ3n) is 2.13. The van der Waals surface area contributed by atoms with Crippen molar-refractivity contribution in [3.05, 3.63) is 23.3 Å². The fourth-order valence-electron chi connectivity index (χ4n) is 1.32. The second-order valence-electron chi connectivity index (χ2n) is 3.12. The van der Waals surface area contributed by atoms with Crippen molar-refractivity contribution in [1.82, 2.24) is 0 Å². The van der Waals surface area contributed by atoms with Crippen LogP contribution in [0.5, 0.6) is 5.75 Å². The highest BCUT2D eigenvalue weighted by Gasteiger charge is 2.12. The van der Waals surface area contributed by atoms with Gasteiger partial charge >= 0.3 is 5.97 Å². The average Bonchev–Trinajstić information content (AvgIpc) is 2.28. The second-order valence-corrected chi connectivity index (χ2v) is 3.12. The smallest absolute Gasteiger partial charge is 0.310 e. The summed E-state index contributed by atoms with van der Waals surface area (Å²) in [4.78, 5) is 11.1. The van der Waals surface area contributed by atoms with E-state index in [2.05, 4.69) is 4.74 Å². The Morgan fingerprint density at radius 3 is 2.69 bits per heavy atom. The Labute approximate surface area is 93.4 Å². The molecule has 1 aromatic carbocycles. The minimum atomic E-state index is -0.427. The van der Waals surface area contributed by atoms with Crippen LogP contribution < -0.4 is 10.5 Å². The minimum absolute atomic E-state index is 0.000787. The number of nitriles is 1. The van der Waals surface area contributed by atoms with E-state index in [4.69, 9.17) is 15.7 Å². The Morgan fingerprint density at radius 1 is 1.50 bits per heavy atom. The summed E-state index contributed by atoms with van der Waals surface area (Å²) in [6.07, 6.45) is 0.000787. The van der Waals surface area contributed by atoms with Crippen LogP contribution in [0.1, 0.15) is 11.1 Å². The summed E-state index contributed by atoms with van der Waals surface area (Å²) in [5.41, 5.74) is 6.75. The van der Waals surface area contributed by atoms with E-state index in [9.17, 15) is 4.79 Å². The van der Waals surface area contributed by atoms with Gasteiger partial charge in [-0.1, -0.05) is 0 Å². The fraction of sp³-hybridized carbons (Fsp3) is 0.273. The molecule has 0 heterocycles. The molecule has 16 heavy (non-hydrogen) atoms. The van der Waals surface area contributed by atoms with Crippen LogP contribution in [0.25, 0.3) is 0 Å². The van der Waals surface area contributed by atoms with Gasteiger partial charge in [-0.25, -0.2) is 0 Å². The van der Waals surface area contributed by atoms with Crippen LogP contribution in [0.4, 0.5) is 5.69 Å². The maximum Gasteiger partial charge on any atom is 0.310 e. The van der Waals surface area contributed by atoms with Crippen molar-refractivity contribution < 1.29 is 14.3 Å². The minimum Gasteiger partial charge on any atom is -0.497 e. The zero-order chi connectivity index (χ0) is 12.1. The molecule has 0 bridgehead atoms. The van der Waals surface area contributed by atoms with Gasteiger partial charge in [0.15, 0.2) is 0 Å². The molecule has 0 aromatic heterocycles. The molecule has 0 aliphatic carbocycles. The molecule has 0 amide bonds. The molecule has 1 rings (SSSR count). The maximum absolute atomic E-state index is 11.1. The third kappa shape index (κ3) is 2.42. The molecule has 0 saturated heterocycles. The average molecular weight is 220 g/mol. The lowest BCUT2D eigenvalue weighted by molar-refractivity contribution is -0.139. The van der Waals surface area contributed by atoms with Gasteiger partial charge in [-0.05, 0) is 11.6 Å². The van der Waals surface area contributed by atoms with Crippen LogP contribution in [-0.2, 0) is 16.0 Å². The van der Waals surface area contributed by atoms with Crippen molar-refractivity contribution >= 4 is 11.7 Å². The molecule has 5 heteroatoms. The summed E-state index contributed by atoms with van der Waals surface area (Å²) in [5.74, 6) is 0.0829. The van der Waals surface area contributed by atoms with Gasteiger partial charge in [0.1, 0.15) is 11.8 Å². The summed E-state index contributed by atoms with van der Waals surface area (Å²) in [6.45, 7) is 0. The molecule has 5 nitrogen and oxygen atoms in total. The molecule has 0 atom stereocenters. The molecule has 0 saturated carbocycles. The highest BCUT2D eigenvalue weighted by molar-refractivity contribution is 5.75. The van der Waals surface area contributed by atoms with E-state index in [-0.39, 0.29) is 12.0 Å². The van der Waals surface area contributed by atoms with Crippen LogP contribution in [0.2, 0.25) is 0 Å². The number of anilines is 1. The first-order valence-electron chi connectivity index (χ1n) is 4.55. The van der Waals surface area contributed by atoms with Gasteiger partial charge in [0.2, 0.25) is 0 Å². The Balaban J connectivity index is 3.19. The maximum atomic E-state index is 11.1. The Bertz CT molecular complexity index is 449. The van der Waals surface area contributed by atoms with E-state index < -0.39 is 5.97 Å². The number of rotatable bonds is 3. The summed E-state index contributed by atoms with van der Waals surface area (Å²) < 4.78 is 9.55. The Kier molecular flexibility index (Phi) is 3.72. The third-order valence-corrected chi connectivity index (χ3v) is 2.13. The summed E-state index contributed by atoms with van der Waals surface area (Å²) in [7, 11) is 2.78. The lowest BCUT2D eigenvalue weighted by Crippen LogP contribution is -2.07. The number of carbonyl (C=O) groups is 1. The second kappa shape index (κ2) is 5.03. The molecule has 0 spiro atoms. The van der Waals surface area contributed by atoms with Gasteiger partial charge in [0.05, 0.1) is 31.9 Å². The molecule has 0 radical (unpaired) electrons. The van der Waals surface area contributed by atoms with Gasteiger partial charge in [0.25, 0.3) is 0 Å². The Hall–Kier alpha value is -2.22. The number of benzene rings is 1. The van der Waals surface area contributed by atoms with Gasteiger partial charge in [-0.2, -0.15) is 5.26 Å². The number of hydrogen-bond acceptors (Lipinski definition) is 5. The van der Waals surface area contributed by atoms with Crippen molar-refractivity contribution in [3.63, 3.8) is 0 Å². The lowest BCUT2D eigenvalue weighted by atomic mass is 10.0. The highest BCUT2D eigenvalue weighted by Crippen LogP contribution is 2.24. The molecule has 2 N–H and O–H groups in total. The largest absolute Gasteiger partial charge is 0.497 e. The molecular weight excluding hydrogens is 208 g/mol. The van der Waals surface area contributed by atoms with Crippen LogP contribution in [-0.4, -0.2) is 20.2 Å². The van der Waals surface area contributed by atoms with Crippen LogP contribution in [0, 0.1) is 11.3 Å². The molecule has 1 aromatic rings.